The van der Waals surface area contributed by atoms with Crippen LogP contribution < -0.4 is 5.32 Å². The first kappa shape index (κ1) is 18.9. The minimum atomic E-state index is -0.593. The van der Waals surface area contributed by atoms with Gasteiger partial charge in [0, 0.05) is 17.2 Å². The van der Waals surface area contributed by atoms with E-state index < -0.39 is 10.8 Å². The number of amides is 1. The number of anilines is 1. The molecule has 4 aromatic rings. The fourth-order valence-corrected chi connectivity index (χ4v) is 3.15. The normalized spacial score (nSPS) is 10.8. The number of oxazole rings is 1. The Morgan fingerprint density at radius 3 is 2.66 bits per heavy atom. The summed E-state index contributed by atoms with van der Waals surface area (Å²) in [5.41, 5.74) is 1.83. The smallest absolute Gasteiger partial charge is 0.270 e. The molecule has 3 aromatic carbocycles. The number of nitro groups is 1. The number of para-hydroxylation sites is 1. The molecule has 0 saturated heterocycles. The van der Waals surface area contributed by atoms with Gasteiger partial charge in [-0.15, -0.1) is 0 Å². The molecule has 0 atom stereocenters. The van der Waals surface area contributed by atoms with E-state index in [1.165, 1.54) is 12.1 Å². The second-order valence-electron chi connectivity index (χ2n) is 6.05. The molecule has 1 heterocycles. The number of carbonyl (C=O) groups excluding carboxylic acids is 1. The Morgan fingerprint density at radius 1 is 1.07 bits per heavy atom. The summed E-state index contributed by atoms with van der Waals surface area (Å²) in [6.45, 7) is 0. The predicted molar refractivity (Wildman–Crippen MR) is 111 cm³/mol. The number of fused-ring (bicyclic) bond motifs is 1. The summed E-state index contributed by atoms with van der Waals surface area (Å²) in [4.78, 5) is 27.5. The highest BCUT2D eigenvalue weighted by Gasteiger charge is 2.19. The average molecular weight is 428 g/mol. The monoisotopic (exact) mass is 427 g/mol. The molecule has 9 heteroatoms. The maximum atomic E-state index is 12.7. The predicted octanol–water partition coefficient (Wildman–Crippen LogP) is 5.96. The summed E-state index contributed by atoms with van der Waals surface area (Å²) in [7, 11) is 0. The molecule has 0 spiro atoms. The number of carbonyl (C=O) groups is 1. The summed E-state index contributed by atoms with van der Waals surface area (Å²) < 4.78 is 5.77. The van der Waals surface area contributed by atoms with Crippen molar-refractivity contribution in [3.8, 4) is 11.5 Å². The van der Waals surface area contributed by atoms with Gasteiger partial charge in [-0.25, -0.2) is 4.98 Å². The minimum Gasteiger partial charge on any atom is -0.436 e. The summed E-state index contributed by atoms with van der Waals surface area (Å²) in [6.07, 6.45) is 0. The first-order valence-electron chi connectivity index (χ1n) is 8.33. The zero-order valence-electron chi connectivity index (χ0n) is 14.6. The average Bonchev–Trinajstić information content (AvgIpc) is 3.11. The molecular formula is C20H11Cl2N3O4. The van der Waals surface area contributed by atoms with Gasteiger partial charge < -0.3 is 9.73 Å². The number of benzene rings is 3. The van der Waals surface area contributed by atoms with Crippen LogP contribution in [0.1, 0.15) is 10.4 Å². The number of non-ortho nitro benzene ring substituents is 1. The zero-order chi connectivity index (χ0) is 20.5. The van der Waals surface area contributed by atoms with Crippen molar-refractivity contribution < 1.29 is 14.1 Å². The molecule has 0 saturated carbocycles. The number of nitro benzene ring substituents is 1. The first-order valence-corrected chi connectivity index (χ1v) is 9.09. The fraction of sp³-hybridized carbons (Fsp3) is 0. The molecule has 1 amide bonds. The van der Waals surface area contributed by atoms with Gasteiger partial charge in [0.05, 0.1) is 26.8 Å². The van der Waals surface area contributed by atoms with Gasteiger partial charge in [-0.1, -0.05) is 35.3 Å². The van der Waals surface area contributed by atoms with Crippen LogP contribution in [0.5, 0.6) is 0 Å². The Bertz CT molecular complexity index is 1270. The van der Waals surface area contributed by atoms with Gasteiger partial charge in [0.25, 0.3) is 11.6 Å². The van der Waals surface area contributed by atoms with Crippen molar-refractivity contribution in [3.63, 3.8) is 0 Å². The van der Waals surface area contributed by atoms with E-state index in [0.29, 0.717) is 33.3 Å². The summed E-state index contributed by atoms with van der Waals surface area (Å²) >= 11 is 12.1. The molecule has 0 aliphatic rings. The summed E-state index contributed by atoms with van der Waals surface area (Å²) in [5.74, 6) is -0.298. The minimum absolute atomic E-state index is 0.0139. The molecule has 4 rings (SSSR count). The summed E-state index contributed by atoms with van der Waals surface area (Å²) in [6, 6.07) is 15.6. The molecule has 0 bridgehead atoms. The lowest BCUT2D eigenvalue weighted by Gasteiger charge is -2.10. The van der Waals surface area contributed by atoms with Crippen LogP contribution in [0.2, 0.25) is 10.0 Å². The topological polar surface area (TPSA) is 98.3 Å². The third-order valence-electron chi connectivity index (χ3n) is 4.16. The van der Waals surface area contributed by atoms with Crippen LogP contribution in [0.4, 0.5) is 11.4 Å². The molecule has 0 aliphatic heterocycles. The molecule has 0 fully saturated rings. The van der Waals surface area contributed by atoms with Gasteiger partial charge in [-0.05, 0) is 36.4 Å². The molecule has 1 N–H and O–H groups in total. The van der Waals surface area contributed by atoms with Gasteiger partial charge >= 0.3 is 0 Å². The largest absolute Gasteiger partial charge is 0.436 e. The van der Waals surface area contributed by atoms with Crippen LogP contribution in [0.15, 0.2) is 65.1 Å². The van der Waals surface area contributed by atoms with Crippen molar-refractivity contribution in [2.45, 2.75) is 0 Å². The lowest BCUT2D eigenvalue weighted by molar-refractivity contribution is -0.384. The SMILES string of the molecule is O=C(Nc1ccccc1-c1nc2cc(Cl)ccc2o1)c1cc([N+](=O)[O-])ccc1Cl. The maximum Gasteiger partial charge on any atom is 0.270 e. The highest BCUT2D eigenvalue weighted by molar-refractivity contribution is 6.34. The molecule has 0 radical (unpaired) electrons. The van der Waals surface area contributed by atoms with E-state index in [1.54, 1.807) is 42.5 Å². The lowest BCUT2D eigenvalue weighted by Crippen LogP contribution is -2.13. The quantitative estimate of drug-likeness (QED) is 0.319. The van der Waals surface area contributed by atoms with E-state index >= 15 is 0 Å². The van der Waals surface area contributed by atoms with E-state index in [9.17, 15) is 14.9 Å². The number of nitrogens with zero attached hydrogens (tertiary/aromatic N) is 2. The molecule has 7 nitrogen and oxygen atoms in total. The molecule has 0 aliphatic carbocycles. The van der Waals surface area contributed by atoms with Crippen LogP contribution in [-0.2, 0) is 0 Å². The van der Waals surface area contributed by atoms with Crippen molar-refractivity contribution in [2.24, 2.45) is 0 Å². The summed E-state index contributed by atoms with van der Waals surface area (Å²) in [5, 5.41) is 14.3. The number of hydrogen-bond acceptors (Lipinski definition) is 5. The van der Waals surface area contributed by atoms with Crippen LogP contribution in [0.3, 0.4) is 0 Å². The van der Waals surface area contributed by atoms with Gasteiger partial charge in [-0.2, -0.15) is 0 Å². The van der Waals surface area contributed by atoms with Crippen LogP contribution in [-0.4, -0.2) is 15.8 Å². The van der Waals surface area contributed by atoms with E-state index in [2.05, 4.69) is 10.3 Å². The molecule has 29 heavy (non-hydrogen) atoms. The second-order valence-corrected chi connectivity index (χ2v) is 6.90. The van der Waals surface area contributed by atoms with Crippen LogP contribution in [0, 0.1) is 10.1 Å². The molecule has 1 aromatic heterocycles. The van der Waals surface area contributed by atoms with Crippen molar-refractivity contribution >= 4 is 51.6 Å². The Hall–Kier alpha value is -3.42. The van der Waals surface area contributed by atoms with Gasteiger partial charge in [-0.3, -0.25) is 14.9 Å². The molecular weight excluding hydrogens is 417 g/mol. The van der Waals surface area contributed by atoms with Gasteiger partial charge in [0.15, 0.2) is 5.58 Å². The standard InChI is InChI=1S/C20H11Cl2N3O4/c21-11-5-8-18-17(9-11)24-20(29-18)13-3-1-2-4-16(13)23-19(26)14-10-12(25(27)28)6-7-15(14)22/h1-10H,(H,23,26). The Labute approximate surface area is 174 Å². The lowest BCUT2D eigenvalue weighted by atomic mass is 10.1. The van der Waals surface area contributed by atoms with Gasteiger partial charge in [0.2, 0.25) is 5.89 Å². The first-order chi connectivity index (χ1) is 13.9. The fourth-order valence-electron chi connectivity index (χ4n) is 2.78. The zero-order valence-corrected chi connectivity index (χ0v) is 16.1. The molecule has 0 unspecified atom stereocenters. The highest BCUT2D eigenvalue weighted by Crippen LogP contribution is 2.32. The van der Waals surface area contributed by atoms with E-state index in [1.807, 2.05) is 0 Å². The van der Waals surface area contributed by atoms with E-state index in [-0.39, 0.29) is 16.3 Å². The van der Waals surface area contributed by atoms with Crippen molar-refractivity contribution in [2.75, 3.05) is 5.32 Å². The van der Waals surface area contributed by atoms with Crippen LogP contribution >= 0.6 is 23.2 Å². The number of rotatable bonds is 4. The van der Waals surface area contributed by atoms with E-state index in [4.69, 9.17) is 27.6 Å². The number of nitrogens with one attached hydrogen (secondary N) is 1. The van der Waals surface area contributed by atoms with E-state index in [0.717, 1.165) is 6.07 Å². The number of hydrogen-bond donors (Lipinski definition) is 1. The van der Waals surface area contributed by atoms with Crippen LogP contribution in [0.25, 0.3) is 22.6 Å². The number of aromatic nitrogens is 1. The third kappa shape index (κ3) is 3.78. The van der Waals surface area contributed by atoms with Crippen molar-refractivity contribution in [1.82, 2.24) is 4.98 Å². The number of halogens is 2. The third-order valence-corrected chi connectivity index (χ3v) is 4.73. The Balaban J connectivity index is 1.71. The highest BCUT2D eigenvalue weighted by atomic mass is 35.5. The Kier molecular flexibility index (Phi) is 4.92. The Morgan fingerprint density at radius 2 is 1.86 bits per heavy atom. The second kappa shape index (κ2) is 7.54. The van der Waals surface area contributed by atoms with Crippen molar-refractivity contribution in [1.29, 1.82) is 0 Å². The molecule has 144 valence electrons. The maximum absolute atomic E-state index is 12.7. The van der Waals surface area contributed by atoms with Gasteiger partial charge in [0.1, 0.15) is 5.52 Å². The van der Waals surface area contributed by atoms with Crippen molar-refractivity contribution in [3.05, 3.63) is 86.4 Å².